The van der Waals surface area contributed by atoms with Crippen LogP contribution in [0.1, 0.15) is 33.6 Å². The van der Waals surface area contributed by atoms with E-state index in [9.17, 15) is 9.59 Å². The van der Waals surface area contributed by atoms with Gasteiger partial charge < -0.3 is 15.0 Å². The number of carbonyl (C=O) groups excluding carboxylic acids is 2. The fourth-order valence-electron chi connectivity index (χ4n) is 2.46. The van der Waals surface area contributed by atoms with Gasteiger partial charge in [0, 0.05) is 19.6 Å². The number of likely N-dealkylation sites (tertiary alicyclic amines) is 1. The van der Waals surface area contributed by atoms with E-state index in [0.29, 0.717) is 13.1 Å². The normalized spacial score (nSPS) is 28.6. The third-order valence-corrected chi connectivity index (χ3v) is 3.38. The molecule has 0 bridgehead atoms. The first-order valence-electron chi connectivity index (χ1n) is 6.09. The standard InChI is InChI=1S/C12H20N2O3/c1-11(2,3)17-10(16)14-7-5-12(8-14)4-6-13-9(12)15/h4-8H2,1-3H3,(H,13,15)/t12-/m1/s1. The number of carbonyl (C=O) groups is 2. The molecule has 2 aliphatic rings. The molecular weight excluding hydrogens is 220 g/mol. The maximum atomic E-state index is 11.9. The van der Waals surface area contributed by atoms with E-state index in [1.165, 1.54) is 0 Å². The minimum absolute atomic E-state index is 0.0866. The van der Waals surface area contributed by atoms with Gasteiger partial charge in [-0.25, -0.2) is 4.79 Å². The number of amides is 2. The molecule has 0 unspecified atom stereocenters. The number of rotatable bonds is 0. The van der Waals surface area contributed by atoms with Gasteiger partial charge in [-0.15, -0.1) is 0 Å². The third kappa shape index (κ3) is 2.37. The van der Waals surface area contributed by atoms with Crippen LogP contribution in [0.4, 0.5) is 4.79 Å². The maximum Gasteiger partial charge on any atom is 0.410 e. The first-order valence-corrected chi connectivity index (χ1v) is 6.09. The molecule has 0 aromatic heterocycles. The van der Waals surface area contributed by atoms with Gasteiger partial charge >= 0.3 is 6.09 Å². The lowest BCUT2D eigenvalue weighted by molar-refractivity contribution is -0.126. The molecule has 2 heterocycles. The predicted molar refractivity (Wildman–Crippen MR) is 62.5 cm³/mol. The highest BCUT2D eigenvalue weighted by atomic mass is 16.6. The highest BCUT2D eigenvalue weighted by molar-refractivity contribution is 5.86. The fraction of sp³-hybridized carbons (Fsp3) is 0.833. The molecule has 5 heteroatoms. The van der Waals surface area contributed by atoms with Crippen molar-refractivity contribution in [2.24, 2.45) is 5.41 Å². The van der Waals surface area contributed by atoms with Crippen molar-refractivity contribution >= 4 is 12.0 Å². The van der Waals surface area contributed by atoms with Crippen molar-refractivity contribution in [2.75, 3.05) is 19.6 Å². The monoisotopic (exact) mass is 240 g/mol. The summed E-state index contributed by atoms with van der Waals surface area (Å²) in [7, 11) is 0. The lowest BCUT2D eigenvalue weighted by Gasteiger charge is -2.25. The Bertz CT molecular complexity index is 348. The zero-order valence-corrected chi connectivity index (χ0v) is 10.7. The van der Waals surface area contributed by atoms with Crippen LogP contribution in [0.5, 0.6) is 0 Å². The SMILES string of the molecule is CC(C)(C)OC(=O)N1CC[C@]2(CCNC2=O)C1. The van der Waals surface area contributed by atoms with Crippen molar-refractivity contribution in [3.8, 4) is 0 Å². The highest BCUT2D eigenvalue weighted by Gasteiger charge is 2.49. The minimum atomic E-state index is -0.481. The molecule has 2 rings (SSSR count). The van der Waals surface area contributed by atoms with Crippen LogP contribution in [0.3, 0.4) is 0 Å². The molecule has 0 aromatic carbocycles. The van der Waals surface area contributed by atoms with Gasteiger partial charge in [-0.1, -0.05) is 0 Å². The summed E-state index contributed by atoms with van der Waals surface area (Å²) in [4.78, 5) is 25.3. The Kier molecular flexibility index (Phi) is 2.79. The van der Waals surface area contributed by atoms with Gasteiger partial charge in [0.25, 0.3) is 0 Å². The minimum Gasteiger partial charge on any atom is -0.444 e. The van der Waals surface area contributed by atoms with Gasteiger partial charge in [0.1, 0.15) is 5.60 Å². The van der Waals surface area contributed by atoms with Crippen LogP contribution in [-0.4, -0.2) is 42.1 Å². The summed E-state index contributed by atoms with van der Waals surface area (Å²) in [5, 5.41) is 2.84. The van der Waals surface area contributed by atoms with Crippen molar-refractivity contribution in [2.45, 2.75) is 39.2 Å². The second-order valence-corrected chi connectivity index (χ2v) is 5.94. The van der Waals surface area contributed by atoms with E-state index < -0.39 is 5.60 Å². The Labute approximate surface area is 101 Å². The second-order valence-electron chi connectivity index (χ2n) is 5.94. The number of hydrogen-bond acceptors (Lipinski definition) is 3. The summed E-state index contributed by atoms with van der Waals surface area (Å²) < 4.78 is 5.31. The number of ether oxygens (including phenoxy) is 1. The molecule has 1 spiro atoms. The van der Waals surface area contributed by atoms with Gasteiger partial charge in [-0.2, -0.15) is 0 Å². The molecular formula is C12H20N2O3. The Morgan fingerprint density at radius 3 is 2.65 bits per heavy atom. The molecule has 0 radical (unpaired) electrons. The van der Waals surface area contributed by atoms with Gasteiger partial charge in [0.05, 0.1) is 5.41 Å². The largest absolute Gasteiger partial charge is 0.444 e. The first kappa shape index (κ1) is 12.2. The Balaban J connectivity index is 1.98. The fourth-order valence-corrected chi connectivity index (χ4v) is 2.46. The van der Waals surface area contributed by atoms with E-state index in [4.69, 9.17) is 4.74 Å². The molecule has 5 nitrogen and oxygen atoms in total. The Morgan fingerprint density at radius 2 is 2.12 bits per heavy atom. The van der Waals surface area contributed by atoms with E-state index in [1.54, 1.807) is 4.90 Å². The molecule has 2 fully saturated rings. The van der Waals surface area contributed by atoms with Crippen LogP contribution in [0, 0.1) is 5.41 Å². The first-order chi connectivity index (χ1) is 7.82. The van der Waals surface area contributed by atoms with Crippen molar-refractivity contribution < 1.29 is 14.3 Å². The molecule has 2 amide bonds. The van der Waals surface area contributed by atoms with Gasteiger partial charge in [0.15, 0.2) is 0 Å². The predicted octanol–water partition coefficient (Wildman–Crippen LogP) is 1.13. The van der Waals surface area contributed by atoms with Crippen LogP contribution in [0.15, 0.2) is 0 Å². The summed E-state index contributed by atoms with van der Waals surface area (Å²) in [6, 6.07) is 0. The average molecular weight is 240 g/mol. The molecule has 2 aliphatic heterocycles. The topological polar surface area (TPSA) is 58.6 Å². The molecule has 1 N–H and O–H groups in total. The number of hydrogen-bond donors (Lipinski definition) is 1. The van der Waals surface area contributed by atoms with Crippen LogP contribution in [0.2, 0.25) is 0 Å². The van der Waals surface area contributed by atoms with E-state index in [1.807, 2.05) is 20.8 Å². The van der Waals surface area contributed by atoms with Crippen molar-refractivity contribution in [1.82, 2.24) is 10.2 Å². The van der Waals surface area contributed by atoms with E-state index >= 15 is 0 Å². The van der Waals surface area contributed by atoms with Gasteiger partial charge in [-0.05, 0) is 33.6 Å². The Morgan fingerprint density at radius 1 is 1.41 bits per heavy atom. The zero-order chi connectivity index (χ0) is 12.7. The van der Waals surface area contributed by atoms with Crippen LogP contribution < -0.4 is 5.32 Å². The molecule has 0 aromatic rings. The quantitative estimate of drug-likeness (QED) is 0.690. The number of nitrogens with zero attached hydrogens (tertiary/aromatic N) is 1. The van der Waals surface area contributed by atoms with E-state index in [0.717, 1.165) is 19.4 Å². The smallest absolute Gasteiger partial charge is 0.410 e. The van der Waals surface area contributed by atoms with Crippen LogP contribution >= 0.6 is 0 Å². The molecule has 1 atom stereocenters. The van der Waals surface area contributed by atoms with E-state index in [2.05, 4.69) is 5.32 Å². The highest BCUT2D eigenvalue weighted by Crippen LogP contribution is 2.37. The molecule has 0 saturated carbocycles. The van der Waals surface area contributed by atoms with Crippen molar-refractivity contribution in [3.05, 3.63) is 0 Å². The average Bonchev–Trinajstić information content (AvgIpc) is 2.74. The zero-order valence-electron chi connectivity index (χ0n) is 10.7. The van der Waals surface area contributed by atoms with E-state index in [-0.39, 0.29) is 17.4 Å². The van der Waals surface area contributed by atoms with Gasteiger partial charge in [0.2, 0.25) is 5.91 Å². The van der Waals surface area contributed by atoms with Gasteiger partial charge in [-0.3, -0.25) is 4.79 Å². The van der Waals surface area contributed by atoms with Crippen LogP contribution in [-0.2, 0) is 9.53 Å². The second kappa shape index (κ2) is 3.89. The molecule has 96 valence electrons. The van der Waals surface area contributed by atoms with Crippen LogP contribution in [0.25, 0.3) is 0 Å². The summed E-state index contributed by atoms with van der Waals surface area (Å²) in [5.74, 6) is 0.0866. The van der Waals surface area contributed by atoms with Crippen molar-refractivity contribution in [1.29, 1.82) is 0 Å². The lowest BCUT2D eigenvalue weighted by atomic mass is 9.86. The summed E-state index contributed by atoms with van der Waals surface area (Å²) in [5.41, 5.74) is -0.832. The molecule has 2 saturated heterocycles. The summed E-state index contributed by atoms with van der Waals surface area (Å²) in [6.45, 7) is 7.37. The molecule has 0 aliphatic carbocycles. The third-order valence-electron chi connectivity index (χ3n) is 3.38. The maximum absolute atomic E-state index is 11.9. The lowest BCUT2D eigenvalue weighted by Crippen LogP contribution is -2.39. The molecule has 17 heavy (non-hydrogen) atoms. The Hall–Kier alpha value is -1.26. The number of nitrogens with one attached hydrogen (secondary N) is 1. The summed E-state index contributed by atoms with van der Waals surface area (Å²) in [6.07, 6.45) is 1.26. The van der Waals surface area contributed by atoms with Crippen molar-refractivity contribution in [3.63, 3.8) is 0 Å². The summed E-state index contributed by atoms with van der Waals surface area (Å²) >= 11 is 0.